The molecule has 0 radical (unpaired) electrons. The summed E-state index contributed by atoms with van der Waals surface area (Å²) in [6.45, 7) is 6.14. The Balaban J connectivity index is 1.43. The van der Waals surface area contributed by atoms with E-state index in [4.69, 9.17) is 9.73 Å². The Morgan fingerprint density at radius 1 is 1.03 bits per heavy atom. The molecule has 2 aliphatic heterocycles. The first-order valence-corrected chi connectivity index (χ1v) is 13.9. The van der Waals surface area contributed by atoms with Crippen LogP contribution >= 0.6 is 0 Å². The van der Waals surface area contributed by atoms with Gasteiger partial charge in [-0.2, -0.15) is 0 Å². The molecule has 2 heterocycles. The minimum atomic E-state index is 0.626. The zero-order chi connectivity index (χ0) is 24.8. The molecule has 4 rings (SSSR count). The van der Waals surface area contributed by atoms with Gasteiger partial charge in [-0.05, 0) is 98.6 Å². The average molecular weight is 487 g/mol. The summed E-state index contributed by atoms with van der Waals surface area (Å²) in [5.74, 6) is 1.69. The van der Waals surface area contributed by atoms with E-state index in [-0.39, 0.29) is 0 Å². The molecule has 5 nitrogen and oxygen atoms in total. The first-order valence-electron chi connectivity index (χ1n) is 13.9. The van der Waals surface area contributed by atoms with E-state index in [0.717, 1.165) is 81.2 Å². The molecule has 6 bridgehead atoms. The predicted molar refractivity (Wildman–Crippen MR) is 153 cm³/mol. The van der Waals surface area contributed by atoms with Crippen molar-refractivity contribution in [1.29, 1.82) is 0 Å². The molecular weight excluding hydrogens is 444 g/mol. The number of rotatable bonds is 9. The van der Waals surface area contributed by atoms with E-state index >= 15 is 0 Å². The number of aliphatic imine (C=N–C) groups is 2. The highest BCUT2D eigenvalue weighted by Crippen LogP contribution is 2.24. The maximum atomic E-state index is 6.01. The van der Waals surface area contributed by atoms with Gasteiger partial charge in [0.1, 0.15) is 12.4 Å². The molecule has 0 saturated carbocycles. The quantitative estimate of drug-likeness (QED) is 0.291. The molecule has 3 aliphatic rings. The van der Waals surface area contributed by atoms with E-state index < -0.39 is 0 Å². The van der Waals surface area contributed by atoms with Crippen molar-refractivity contribution in [3.8, 4) is 0 Å². The van der Waals surface area contributed by atoms with E-state index in [1.807, 2.05) is 0 Å². The van der Waals surface area contributed by atoms with Crippen LogP contribution in [0, 0.1) is 0 Å². The van der Waals surface area contributed by atoms with Gasteiger partial charge < -0.3 is 15.4 Å². The van der Waals surface area contributed by atoms with E-state index in [9.17, 15) is 0 Å². The van der Waals surface area contributed by atoms with Crippen LogP contribution in [0.1, 0.15) is 75.3 Å². The molecule has 192 valence electrons. The molecule has 36 heavy (non-hydrogen) atoms. The second-order valence-electron chi connectivity index (χ2n) is 9.79. The number of guanidine groups is 1. The van der Waals surface area contributed by atoms with Crippen molar-refractivity contribution >= 4 is 17.4 Å². The predicted octanol–water partition coefficient (Wildman–Crippen LogP) is 7.04. The van der Waals surface area contributed by atoms with Gasteiger partial charge in [-0.1, -0.05) is 44.1 Å². The van der Waals surface area contributed by atoms with Gasteiger partial charge in [0.25, 0.3) is 0 Å². The van der Waals surface area contributed by atoms with Crippen LogP contribution in [-0.4, -0.2) is 31.4 Å². The van der Waals surface area contributed by atoms with Gasteiger partial charge in [-0.25, -0.2) is 4.99 Å². The standard InChI is InChI=1S/C31H42N4O/c1-2-32-20-10-6-3-4-8-13-25-17-18-28-23-26(25)14-9-5-7-11-22-36-29-16-12-15-27(24-29)30-19-21-33-31(34-28)35-30/h2,7,11,16-18,23-24,32H,1,3-6,8-10,12-15,19-22H2,(H,33,34)/b11-7+. The number of nitrogens with one attached hydrogen (secondary N) is 2. The highest BCUT2D eigenvalue weighted by Gasteiger charge is 2.16. The third-order valence-corrected chi connectivity index (χ3v) is 7.00. The van der Waals surface area contributed by atoms with Crippen molar-refractivity contribution in [1.82, 2.24) is 5.32 Å². The Labute approximate surface area is 217 Å². The summed E-state index contributed by atoms with van der Waals surface area (Å²) in [6.07, 6.45) is 24.3. The van der Waals surface area contributed by atoms with Crippen LogP contribution in [0.3, 0.4) is 0 Å². The van der Waals surface area contributed by atoms with Gasteiger partial charge in [0.05, 0.1) is 0 Å². The Hall–Kier alpha value is -3.08. The summed E-state index contributed by atoms with van der Waals surface area (Å²) < 4.78 is 6.01. The highest BCUT2D eigenvalue weighted by atomic mass is 16.5. The zero-order valence-electron chi connectivity index (χ0n) is 21.7. The van der Waals surface area contributed by atoms with Crippen molar-refractivity contribution in [2.75, 3.05) is 25.0 Å². The molecule has 0 aromatic heterocycles. The molecule has 0 saturated heterocycles. The van der Waals surface area contributed by atoms with E-state index in [2.05, 4.69) is 64.7 Å². The molecule has 0 atom stereocenters. The van der Waals surface area contributed by atoms with Crippen LogP contribution in [0.2, 0.25) is 0 Å². The maximum absolute atomic E-state index is 6.01. The van der Waals surface area contributed by atoms with Crippen LogP contribution in [-0.2, 0) is 17.6 Å². The second-order valence-corrected chi connectivity index (χ2v) is 9.79. The van der Waals surface area contributed by atoms with Crippen LogP contribution in [0.25, 0.3) is 0 Å². The molecule has 2 N–H and O–H groups in total. The number of hydrogen-bond donors (Lipinski definition) is 2. The molecule has 1 aromatic rings. The number of hydrogen-bond acceptors (Lipinski definition) is 5. The minimum Gasteiger partial charge on any atom is -0.490 e. The topological polar surface area (TPSA) is 58.0 Å². The number of unbranched alkanes of at least 4 members (excludes halogenated alkanes) is 4. The summed E-state index contributed by atoms with van der Waals surface area (Å²) in [6, 6.07) is 6.85. The lowest BCUT2D eigenvalue weighted by Gasteiger charge is -2.19. The summed E-state index contributed by atoms with van der Waals surface area (Å²) in [5, 5.41) is 6.69. The number of allylic oxidation sites excluding steroid dienone is 4. The average Bonchev–Trinajstić information content (AvgIpc) is 2.90. The third kappa shape index (κ3) is 8.25. The van der Waals surface area contributed by atoms with Gasteiger partial charge in [0, 0.05) is 30.9 Å². The van der Waals surface area contributed by atoms with E-state index in [1.54, 1.807) is 6.20 Å². The van der Waals surface area contributed by atoms with Crippen molar-refractivity contribution < 1.29 is 4.74 Å². The number of fused-ring (bicyclic) bond motifs is 5. The number of nitrogens with zero attached hydrogens (tertiary/aromatic N) is 2. The summed E-state index contributed by atoms with van der Waals surface area (Å²) in [7, 11) is 0. The number of aryl methyl sites for hydroxylation is 2. The Bertz CT molecular complexity index is 1030. The largest absolute Gasteiger partial charge is 0.490 e. The van der Waals surface area contributed by atoms with Gasteiger partial charge in [0.15, 0.2) is 0 Å². The summed E-state index contributed by atoms with van der Waals surface area (Å²) >= 11 is 0. The lowest BCUT2D eigenvalue weighted by Crippen LogP contribution is -2.20. The Morgan fingerprint density at radius 2 is 1.94 bits per heavy atom. The summed E-state index contributed by atoms with van der Waals surface area (Å²) in [4.78, 5) is 9.57. The number of ether oxygens (including phenoxy) is 1. The monoisotopic (exact) mass is 486 g/mol. The first-order chi connectivity index (χ1) is 17.8. The van der Waals surface area contributed by atoms with Gasteiger partial charge in [0.2, 0.25) is 5.96 Å². The molecule has 0 spiro atoms. The van der Waals surface area contributed by atoms with Crippen molar-refractivity contribution in [3.05, 3.63) is 77.7 Å². The van der Waals surface area contributed by atoms with Gasteiger partial charge >= 0.3 is 0 Å². The SMILES string of the molecule is C=CNCCCCCCCc1ccc2cc1CCC/C=C/COC1=CCCC(=C1)C1=NC(=NCC1)N2. The van der Waals surface area contributed by atoms with Crippen molar-refractivity contribution in [2.45, 2.75) is 77.0 Å². The number of anilines is 1. The zero-order valence-corrected chi connectivity index (χ0v) is 21.7. The van der Waals surface area contributed by atoms with E-state index in [0.29, 0.717) is 6.61 Å². The van der Waals surface area contributed by atoms with Crippen LogP contribution in [0.15, 0.2) is 76.6 Å². The maximum Gasteiger partial charge on any atom is 0.222 e. The van der Waals surface area contributed by atoms with Gasteiger partial charge in [-0.15, -0.1) is 0 Å². The highest BCUT2D eigenvalue weighted by molar-refractivity contribution is 6.11. The summed E-state index contributed by atoms with van der Waals surface area (Å²) in [5.41, 5.74) is 6.45. The fourth-order valence-corrected chi connectivity index (χ4v) is 5.01. The molecule has 1 aromatic carbocycles. The third-order valence-electron chi connectivity index (χ3n) is 7.00. The van der Waals surface area contributed by atoms with E-state index in [1.165, 1.54) is 48.8 Å². The lowest BCUT2D eigenvalue weighted by molar-refractivity contribution is 0.258. The Kier molecular flexibility index (Phi) is 10.5. The van der Waals surface area contributed by atoms with Crippen molar-refractivity contribution in [2.24, 2.45) is 9.98 Å². The van der Waals surface area contributed by atoms with Crippen molar-refractivity contribution in [3.63, 3.8) is 0 Å². The fraction of sp³-hybridized carbons (Fsp3) is 0.484. The molecule has 5 heteroatoms. The van der Waals surface area contributed by atoms with Crippen LogP contribution in [0.5, 0.6) is 0 Å². The van der Waals surface area contributed by atoms with Crippen LogP contribution < -0.4 is 10.6 Å². The molecule has 0 amide bonds. The molecule has 1 aliphatic carbocycles. The minimum absolute atomic E-state index is 0.626. The molecule has 0 fully saturated rings. The number of benzene rings is 1. The Morgan fingerprint density at radius 3 is 2.89 bits per heavy atom. The normalized spacial score (nSPS) is 18.8. The molecular formula is C31H42N4O. The van der Waals surface area contributed by atoms with Gasteiger partial charge in [-0.3, -0.25) is 4.99 Å². The first kappa shape index (κ1) is 26.0. The fourth-order valence-electron chi connectivity index (χ4n) is 5.01. The second kappa shape index (κ2) is 14.5. The lowest BCUT2D eigenvalue weighted by atomic mass is 9.96. The smallest absolute Gasteiger partial charge is 0.222 e. The van der Waals surface area contributed by atoms with Crippen LogP contribution in [0.4, 0.5) is 5.69 Å². The molecule has 0 unspecified atom stereocenters.